The molecule has 0 unspecified atom stereocenters. The van der Waals surface area contributed by atoms with Crippen LogP contribution in [0.3, 0.4) is 0 Å². The van der Waals surface area contributed by atoms with Gasteiger partial charge in [-0.05, 0) is 18.2 Å². The van der Waals surface area contributed by atoms with Crippen LogP contribution in [0.1, 0.15) is 10.4 Å². The largest absolute Gasteiger partial charge is 0.366 e. The Morgan fingerprint density at radius 3 is 2.64 bits per heavy atom. The minimum Gasteiger partial charge on any atom is -0.366 e. The van der Waals surface area contributed by atoms with Crippen molar-refractivity contribution in [3.63, 3.8) is 0 Å². The summed E-state index contributed by atoms with van der Waals surface area (Å²) in [4.78, 5) is 10.8. The SMILES string of the molecule is NC(=O)c1ccc(F)cc1S. The van der Waals surface area contributed by atoms with E-state index in [1.54, 1.807) is 0 Å². The van der Waals surface area contributed by atoms with Gasteiger partial charge in [-0.25, -0.2) is 4.39 Å². The Bertz CT molecular complexity index is 300. The summed E-state index contributed by atoms with van der Waals surface area (Å²) in [6.45, 7) is 0. The molecule has 0 aromatic heterocycles. The number of hydrogen-bond acceptors (Lipinski definition) is 2. The molecular weight excluding hydrogens is 165 g/mol. The van der Waals surface area contributed by atoms with Gasteiger partial charge in [0.25, 0.3) is 0 Å². The molecular formula is C7H6FNOS. The van der Waals surface area contributed by atoms with E-state index in [1.165, 1.54) is 12.1 Å². The summed E-state index contributed by atoms with van der Waals surface area (Å²) in [6, 6.07) is 3.61. The lowest BCUT2D eigenvalue weighted by Crippen LogP contribution is -2.11. The molecule has 0 aliphatic rings. The smallest absolute Gasteiger partial charge is 0.249 e. The quantitative estimate of drug-likeness (QED) is 0.613. The average molecular weight is 171 g/mol. The molecule has 0 saturated heterocycles. The molecule has 1 rings (SSSR count). The summed E-state index contributed by atoms with van der Waals surface area (Å²) < 4.78 is 12.4. The molecule has 2 nitrogen and oxygen atoms in total. The maximum absolute atomic E-state index is 12.4. The van der Waals surface area contributed by atoms with Gasteiger partial charge in [-0.1, -0.05) is 0 Å². The molecule has 0 saturated carbocycles. The molecule has 2 N–H and O–H groups in total. The molecule has 0 spiro atoms. The van der Waals surface area contributed by atoms with Crippen molar-refractivity contribution in [1.29, 1.82) is 0 Å². The average Bonchev–Trinajstić information content (AvgIpc) is 1.85. The lowest BCUT2D eigenvalue weighted by Gasteiger charge is -1.98. The van der Waals surface area contributed by atoms with Crippen molar-refractivity contribution in [1.82, 2.24) is 0 Å². The van der Waals surface area contributed by atoms with Gasteiger partial charge in [-0.15, -0.1) is 12.6 Å². The van der Waals surface area contributed by atoms with Crippen molar-refractivity contribution in [2.75, 3.05) is 0 Å². The van der Waals surface area contributed by atoms with Gasteiger partial charge >= 0.3 is 0 Å². The Morgan fingerprint density at radius 1 is 1.55 bits per heavy atom. The highest BCUT2D eigenvalue weighted by atomic mass is 32.1. The highest BCUT2D eigenvalue weighted by molar-refractivity contribution is 7.80. The Balaban J connectivity index is 3.20. The minimum absolute atomic E-state index is 0.231. The summed E-state index contributed by atoms with van der Waals surface area (Å²) in [7, 11) is 0. The van der Waals surface area contributed by atoms with Gasteiger partial charge in [0.05, 0.1) is 5.56 Å². The van der Waals surface area contributed by atoms with Gasteiger partial charge in [0.1, 0.15) is 5.82 Å². The second-order valence-electron chi connectivity index (χ2n) is 2.03. The van der Waals surface area contributed by atoms with Gasteiger partial charge in [-0.3, -0.25) is 4.79 Å². The molecule has 11 heavy (non-hydrogen) atoms. The Kier molecular flexibility index (Phi) is 2.14. The molecule has 1 aromatic rings. The molecule has 0 fully saturated rings. The van der Waals surface area contributed by atoms with E-state index in [9.17, 15) is 9.18 Å². The Hall–Kier alpha value is -1.03. The third kappa shape index (κ3) is 1.71. The predicted octanol–water partition coefficient (Wildman–Crippen LogP) is 1.21. The zero-order valence-electron chi connectivity index (χ0n) is 5.54. The number of benzene rings is 1. The molecule has 0 aliphatic carbocycles. The zero-order valence-corrected chi connectivity index (χ0v) is 6.44. The fourth-order valence-corrected chi connectivity index (χ4v) is 1.02. The lowest BCUT2D eigenvalue weighted by atomic mass is 10.2. The van der Waals surface area contributed by atoms with Crippen molar-refractivity contribution in [2.24, 2.45) is 5.73 Å². The molecule has 0 bridgehead atoms. The predicted molar refractivity (Wildman–Crippen MR) is 42.2 cm³/mol. The van der Waals surface area contributed by atoms with Gasteiger partial charge in [-0.2, -0.15) is 0 Å². The molecule has 0 radical (unpaired) electrons. The number of thiol groups is 1. The standard InChI is InChI=1S/C7H6FNOS/c8-4-1-2-5(7(9)10)6(11)3-4/h1-3,11H,(H2,9,10). The normalized spacial score (nSPS) is 9.64. The van der Waals surface area contributed by atoms with Gasteiger partial charge in [0.2, 0.25) is 5.91 Å². The van der Waals surface area contributed by atoms with Gasteiger partial charge < -0.3 is 5.73 Å². The highest BCUT2D eigenvalue weighted by Gasteiger charge is 2.04. The van der Waals surface area contributed by atoms with Crippen molar-refractivity contribution in [3.8, 4) is 0 Å². The van der Waals surface area contributed by atoms with Crippen molar-refractivity contribution in [3.05, 3.63) is 29.6 Å². The number of hydrogen-bond donors (Lipinski definition) is 2. The summed E-state index contributed by atoms with van der Waals surface area (Å²) in [6.07, 6.45) is 0. The van der Waals surface area contributed by atoms with Crippen LogP contribution in [-0.4, -0.2) is 5.91 Å². The van der Waals surface area contributed by atoms with Crippen molar-refractivity contribution < 1.29 is 9.18 Å². The van der Waals surface area contributed by atoms with E-state index in [0.717, 1.165) is 6.07 Å². The maximum Gasteiger partial charge on any atom is 0.249 e. The van der Waals surface area contributed by atoms with Crippen LogP contribution < -0.4 is 5.73 Å². The summed E-state index contributed by atoms with van der Waals surface area (Å²) in [5.74, 6) is -1.03. The van der Waals surface area contributed by atoms with E-state index in [2.05, 4.69) is 12.6 Å². The monoisotopic (exact) mass is 171 g/mol. The number of primary amides is 1. The van der Waals surface area contributed by atoms with Crippen molar-refractivity contribution >= 4 is 18.5 Å². The third-order valence-electron chi connectivity index (χ3n) is 1.23. The van der Waals surface area contributed by atoms with Crippen LogP contribution in [0.4, 0.5) is 4.39 Å². The third-order valence-corrected chi connectivity index (χ3v) is 1.60. The van der Waals surface area contributed by atoms with E-state index in [4.69, 9.17) is 5.73 Å². The molecule has 0 atom stereocenters. The number of rotatable bonds is 1. The Morgan fingerprint density at radius 2 is 2.18 bits per heavy atom. The number of amides is 1. The van der Waals surface area contributed by atoms with Crippen LogP contribution in [0.15, 0.2) is 23.1 Å². The lowest BCUT2D eigenvalue weighted by molar-refractivity contribution is 0.0997. The van der Waals surface area contributed by atoms with Crippen LogP contribution >= 0.6 is 12.6 Å². The number of halogens is 1. The second-order valence-corrected chi connectivity index (χ2v) is 2.51. The maximum atomic E-state index is 12.4. The van der Waals surface area contributed by atoms with E-state index in [1.807, 2.05) is 0 Å². The number of carbonyl (C=O) groups is 1. The zero-order chi connectivity index (χ0) is 8.43. The summed E-state index contributed by atoms with van der Waals surface area (Å²) >= 11 is 3.87. The van der Waals surface area contributed by atoms with E-state index in [-0.39, 0.29) is 10.5 Å². The van der Waals surface area contributed by atoms with Crippen LogP contribution in [0.5, 0.6) is 0 Å². The van der Waals surface area contributed by atoms with E-state index >= 15 is 0 Å². The number of carbonyl (C=O) groups excluding carboxylic acids is 1. The fourth-order valence-electron chi connectivity index (χ4n) is 0.713. The highest BCUT2D eigenvalue weighted by Crippen LogP contribution is 2.14. The van der Waals surface area contributed by atoms with Crippen LogP contribution in [-0.2, 0) is 0 Å². The van der Waals surface area contributed by atoms with Gasteiger partial charge in [0, 0.05) is 4.90 Å². The molecule has 1 aromatic carbocycles. The summed E-state index contributed by atoms with van der Waals surface area (Å²) in [5, 5.41) is 0. The first-order valence-electron chi connectivity index (χ1n) is 2.89. The molecule has 4 heteroatoms. The van der Waals surface area contributed by atoms with Crippen LogP contribution in [0.25, 0.3) is 0 Å². The first-order valence-corrected chi connectivity index (χ1v) is 3.34. The van der Waals surface area contributed by atoms with Crippen molar-refractivity contribution in [2.45, 2.75) is 4.90 Å². The topological polar surface area (TPSA) is 43.1 Å². The summed E-state index contributed by atoms with van der Waals surface area (Å²) in [5.41, 5.74) is 5.19. The fraction of sp³-hybridized carbons (Fsp3) is 0. The van der Waals surface area contributed by atoms with Crippen LogP contribution in [0.2, 0.25) is 0 Å². The van der Waals surface area contributed by atoms with E-state index in [0.29, 0.717) is 0 Å². The Labute approximate surface area is 68.6 Å². The second kappa shape index (κ2) is 2.92. The molecule has 1 amide bonds. The first kappa shape index (κ1) is 8.07. The number of nitrogens with two attached hydrogens (primary N) is 1. The van der Waals surface area contributed by atoms with E-state index < -0.39 is 11.7 Å². The minimum atomic E-state index is -0.602. The molecule has 58 valence electrons. The first-order chi connectivity index (χ1) is 5.11. The van der Waals surface area contributed by atoms with Gasteiger partial charge in [0.15, 0.2) is 0 Å². The molecule has 0 aliphatic heterocycles. The molecule has 0 heterocycles. The van der Waals surface area contributed by atoms with Crippen LogP contribution in [0, 0.1) is 5.82 Å².